The predicted octanol–water partition coefficient (Wildman–Crippen LogP) is -1.62. The van der Waals surface area contributed by atoms with Crippen molar-refractivity contribution >= 4 is 48.0 Å². The summed E-state index contributed by atoms with van der Waals surface area (Å²) in [5, 5.41) is 61.3. The molecule has 0 bridgehead atoms. The molecule has 0 aliphatic heterocycles. The largest absolute Gasteiger partial charge is 0.478 e. The van der Waals surface area contributed by atoms with Crippen molar-refractivity contribution in [1.29, 1.82) is 0 Å². The van der Waals surface area contributed by atoms with E-state index in [0.717, 1.165) is 0 Å². The summed E-state index contributed by atoms with van der Waals surface area (Å²) >= 11 is 0. The molecule has 0 aliphatic carbocycles. The summed E-state index contributed by atoms with van der Waals surface area (Å²) < 4.78 is 0. The lowest BCUT2D eigenvalue weighted by Crippen LogP contribution is -2.03. The molecule has 0 saturated carbocycles. The number of amides is 2. The fraction of sp³-hybridized carbons (Fsp3) is 0. The van der Waals surface area contributed by atoms with Crippen LogP contribution in [-0.4, -0.2) is 88.9 Å². The van der Waals surface area contributed by atoms with Crippen LogP contribution >= 0.6 is 0 Å². The first kappa shape index (κ1) is 37.3. The SMILES string of the molecule is NC(=O)O.NC(=O)O.O=C(O)/C=C/C(=O)O.O=C(O)/C=C/C(=O)O.O=C(O)/C=C/C(=O)O. The van der Waals surface area contributed by atoms with E-state index in [1.54, 1.807) is 0 Å². The van der Waals surface area contributed by atoms with Crippen molar-refractivity contribution in [2.45, 2.75) is 0 Å². The van der Waals surface area contributed by atoms with Crippen molar-refractivity contribution in [3.8, 4) is 0 Å². The number of carbonyl (C=O) groups is 8. The van der Waals surface area contributed by atoms with Crippen LogP contribution in [0.2, 0.25) is 0 Å². The standard InChI is InChI=1S/3C4H4O4.2CH3NO2/c3*5-3(6)1-2-4(7)8;2*2-1(3)4/h3*1-2H,(H,5,6)(H,7,8);2*2H2,(H,3,4)/b3*2-1+;;. The maximum atomic E-state index is 9.55. The molecular weight excluding hydrogens is 452 g/mol. The molecule has 180 valence electrons. The summed E-state index contributed by atoms with van der Waals surface area (Å²) in [5.74, 6) is -7.54. The molecule has 18 nitrogen and oxygen atoms in total. The van der Waals surface area contributed by atoms with Crippen molar-refractivity contribution in [3.63, 3.8) is 0 Å². The topological polar surface area (TPSA) is 350 Å². The van der Waals surface area contributed by atoms with Crippen molar-refractivity contribution in [2.24, 2.45) is 11.5 Å². The number of carboxylic acids is 6. The zero-order valence-electron chi connectivity index (χ0n) is 15.5. The summed E-state index contributed by atoms with van der Waals surface area (Å²) in [6.07, 6.45) is 0.681. The Balaban J connectivity index is -0.0000000980. The van der Waals surface area contributed by atoms with Gasteiger partial charge in [0.15, 0.2) is 0 Å². The number of hydrogen-bond donors (Lipinski definition) is 10. The molecule has 18 heteroatoms. The van der Waals surface area contributed by atoms with Crippen molar-refractivity contribution in [1.82, 2.24) is 0 Å². The Morgan fingerprint density at radius 2 is 0.406 bits per heavy atom. The minimum absolute atomic E-state index is 0.558. The van der Waals surface area contributed by atoms with Gasteiger partial charge in [-0.15, -0.1) is 0 Å². The number of rotatable bonds is 6. The molecule has 0 aromatic carbocycles. The van der Waals surface area contributed by atoms with E-state index in [2.05, 4.69) is 11.5 Å². The van der Waals surface area contributed by atoms with Crippen LogP contribution in [0.5, 0.6) is 0 Å². The summed E-state index contributed by atoms with van der Waals surface area (Å²) in [4.78, 5) is 74.9. The molecular formula is C14H18N2O16. The predicted molar refractivity (Wildman–Crippen MR) is 97.7 cm³/mol. The summed E-state index contributed by atoms with van der Waals surface area (Å²) in [5.41, 5.74) is 8.06. The molecule has 12 N–H and O–H groups in total. The van der Waals surface area contributed by atoms with Crippen LogP contribution in [0, 0.1) is 0 Å². The van der Waals surface area contributed by atoms with Crippen LogP contribution < -0.4 is 11.5 Å². The first-order chi connectivity index (χ1) is 14.3. The van der Waals surface area contributed by atoms with Gasteiger partial charge in [-0.2, -0.15) is 0 Å². The maximum absolute atomic E-state index is 9.55. The Labute approximate surface area is 176 Å². The number of carboxylic acid groups (broad SMARTS) is 8. The van der Waals surface area contributed by atoms with Crippen LogP contribution in [0.1, 0.15) is 0 Å². The van der Waals surface area contributed by atoms with E-state index >= 15 is 0 Å². The van der Waals surface area contributed by atoms with Crippen LogP contribution in [0.15, 0.2) is 36.5 Å². The minimum Gasteiger partial charge on any atom is -0.478 e. The molecule has 0 aliphatic rings. The van der Waals surface area contributed by atoms with Crippen molar-refractivity contribution < 1.29 is 79.2 Å². The monoisotopic (exact) mass is 470 g/mol. The number of hydrogen-bond acceptors (Lipinski definition) is 8. The van der Waals surface area contributed by atoms with E-state index in [4.69, 9.17) is 50.4 Å². The van der Waals surface area contributed by atoms with E-state index in [-0.39, 0.29) is 0 Å². The van der Waals surface area contributed by atoms with Crippen LogP contribution in [0.3, 0.4) is 0 Å². The average Bonchev–Trinajstić information content (AvgIpc) is 2.56. The third-order valence-electron chi connectivity index (χ3n) is 1.11. The van der Waals surface area contributed by atoms with Gasteiger partial charge in [-0.25, -0.2) is 38.4 Å². The molecule has 0 spiro atoms. The Morgan fingerprint density at radius 1 is 0.344 bits per heavy atom. The second-order valence-corrected chi connectivity index (χ2v) is 3.71. The number of aliphatic carboxylic acids is 6. The highest BCUT2D eigenvalue weighted by Gasteiger charge is 1.89. The Kier molecular flexibility index (Phi) is 29.9. The van der Waals surface area contributed by atoms with Gasteiger partial charge in [-0.1, -0.05) is 0 Å². The van der Waals surface area contributed by atoms with Crippen LogP contribution in [-0.2, 0) is 28.8 Å². The third-order valence-corrected chi connectivity index (χ3v) is 1.11. The van der Waals surface area contributed by atoms with E-state index < -0.39 is 48.0 Å². The minimum atomic E-state index is -1.33. The molecule has 0 saturated heterocycles. The lowest BCUT2D eigenvalue weighted by molar-refractivity contribution is -0.134. The number of nitrogens with two attached hydrogens (primary N) is 2. The van der Waals surface area contributed by atoms with Crippen LogP contribution in [0.25, 0.3) is 0 Å². The fourth-order valence-corrected chi connectivity index (χ4v) is 0.428. The smallest absolute Gasteiger partial charge is 0.402 e. The Morgan fingerprint density at radius 3 is 0.438 bits per heavy atom. The molecule has 0 radical (unpaired) electrons. The van der Waals surface area contributed by atoms with Gasteiger partial charge in [0, 0.05) is 36.5 Å². The highest BCUT2D eigenvalue weighted by atomic mass is 16.4. The Hall–Kier alpha value is -5.42. The van der Waals surface area contributed by atoms with Gasteiger partial charge < -0.3 is 52.3 Å². The third kappa shape index (κ3) is 149. The molecule has 32 heavy (non-hydrogen) atoms. The highest BCUT2D eigenvalue weighted by Crippen LogP contribution is 1.71. The van der Waals surface area contributed by atoms with E-state index in [0.29, 0.717) is 36.5 Å². The fourth-order valence-electron chi connectivity index (χ4n) is 0.428. The zero-order valence-corrected chi connectivity index (χ0v) is 15.5. The zero-order chi connectivity index (χ0) is 26.9. The molecule has 2 amide bonds. The second kappa shape index (κ2) is 25.6. The quantitative estimate of drug-likeness (QED) is 0.195. The van der Waals surface area contributed by atoms with Gasteiger partial charge in [0.2, 0.25) is 0 Å². The van der Waals surface area contributed by atoms with E-state index in [1.807, 2.05) is 0 Å². The van der Waals surface area contributed by atoms with Gasteiger partial charge in [-0.3, -0.25) is 0 Å². The molecule has 0 fully saturated rings. The normalized spacial score (nSPS) is 8.62. The molecule has 0 aromatic rings. The van der Waals surface area contributed by atoms with Crippen molar-refractivity contribution in [2.75, 3.05) is 0 Å². The van der Waals surface area contributed by atoms with Crippen LogP contribution in [0.4, 0.5) is 9.59 Å². The summed E-state index contributed by atoms with van der Waals surface area (Å²) in [6, 6.07) is 0. The lowest BCUT2D eigenvalue weighted by atomic mass is 10.5. The van der Waals surface area contributed by atoms with Gasteiger partial charge in [0.25, 0.3) is 0 Å². The second-order valence-electron chi connectivity index (χ2n) is 3.71. The van der Waals surface area contributed by atoms with Gasteiger partial charge in [0.1, 0.15) is 0 Å². The lowest BCUT2D eigenvalue weighted by Gasteiger charge is -1.74. The molecule has 0 unspecified atom stereocenters. The van der Waals surface area contributed by atoms with E-state index in [1.165, 1.54) is 0 Å². The maximum Gasteiger partial charge on any atom is 0.402 e. The molecule has 0 rings (SSSR count). The Bertz CT molecular complexity index is 601. The molecule has 0 aromatic heterocycles. The first-order valence-electron chi connectivity index (χ1n) is 6.73. The summed E-state index contributed by atoms with van der Waals surface area (Å²) in [6.45, 7) is 0. The summed E-state index contributed by atoms with van der Waals surface area (Å²) in [7, 11) is 0. The average molecular weight is 470 g/mol. The van der Waals surface area contributed by atoms with E-state index in [9.17, 15) is 28.8 Å². The highest BCUT2D eigenvalue weighted by molar-refractivity contribution is 5.90. The van der Waals surface area contributed by atoms with Gasteiger partial charge >= 0.3 is 48.0 Å². The molecule has 0 heterocycles. The van der Waals surface area contributed by atoms with Crippen molar-refractivity contribution in [3.05, 3.63) is 36.5 Å². The molecule has 0 atom stereocenters. The first-order valence-corrected chi connectivity index (χ1v) is 6.73. The number of primary amides is 2. The van der Waals surface area contributed by atoms with Gasteiger partial charge in [-0.05, 0) is 0 Å². The van der Waals surface area contributed by atoms with Gasteiger partial charge in [0.05, 0.1) is 0 Å².